The first-order chi connectivity index (χ1) is 15.5. The summed E-state index contributed by atoms with van der Waals surface area (Å²) in [5.41, 5.74) is 0.502. The van der Waals surface area contributed by atoms with E-state index in [0.29, 0.717) is 33.5 Å². The lowest BCUT2D eigenvalue weighted by Crippen LogP contribution is -2.54. The number of rotatable bonds is 8. The number of aliphatic hydroxyl groups excluding tert-OH is 1. The van der Waals surface area contributed by atoms with Gasteiger partial charge in [-0.05, 0) is 84.2 Å². The molecule has 2 amide bonds. The first-order valence-corrected chi connectivity index (χ1v) is 12.1. The first kappa shape index (κ1) is 25.2. The molecule has 174 valence electrons. The van der Waals surface area contributed by atoms with Gasteiger partial charge in [0.05, 0.1) is 19.8 Å². The minimum Gasteiger partial charge on any atom is -0.456 e. The lowest BCUT2D eigenvalue weighted by molar-refractivity contribution is -0.126. The third kappa shape index (κ3) is 6.80. The van der Waals surface area contributed by atoms with Crippen LogP contribution in [-0.2, 0) is 11.3 Å². The predicted molar refractivity (Wildman–Crippen MR) is 134 cm³/mol. The maximum absolute atomic E-state index is 12.6. The van der Waals surface area contributed by atoms with Gasteiger partial charge in [-0.15, -0.1) is 11.3 Å². The molecule has 0 saturated carbocycles. The Bertz CT molecular complexity index is 1150. The van der Waals surface area contributed by atoms with Crippen LogP contribution in [0.25, 0.3) is 0 Å². The van der Waals surface area contributed by atoms with E-state index in [0.717, 1.165) is 9.35 Å². The zero-order valence-electron chi connectivity index (χ0n) is 18.3. The monoisotopic (exact) mass is 550 g/mol. The molecule has 0 spiro atoms. The van der Waals surface area contributed by atoms with Crippen molar-refractivity contribution in [2.75, 3.05) is 0 Å². The van der Waals surface area contributed by atoms with E-state index >= 15 is 0 Å². The molecule has 0 aliphatic heterocycles. The number of amides is 2. The van der Waals surface area contributed by atoms with Crippen molar-refractivity contribution in [3.05, 3.63) is 79.4 Å². The van der Waals surface area contributed by atoms with Crippen molar-refractivity contribution in [3.8, 4) is 11.5 Å². The maximum Gasteiger partial charge on any atom is 0.262 e. The molecular weight excluding hydrogens is 528 g/mol. The summed E-state index contributed by atoms with van der Waals surface area (Å²) >= 11 is 10.9. The molecule has 9 heteroatoms. The summed E-state index contributed by atoms with van der Waals surface area (Å²) < 4.78 is 6.66. The predicted octanol–water partition coefficient (Wildman–Crippen LogP) is 5.83. The Morgan fingerprint density at radius 1 is 1.15 bits per heavy atom. The van der Waals surface area contributed by atoms with Gasteiger partial charge in [0.25, 0.3) is 5.91 Å². The molecular formula is C24H24BrClN2O4S. The summed E-state index contributed by atoms with van der Waals surface area (Å²) in [6.07, 6.45) is -0.609. The smallest absolute Gasteiger partial charge is 0.262 e. The highest BCUT2D eigenvalue weighted by molar-refractivity contribution is 9.11. The number of nitrogens with one attached hydrogen (secondary N) is 2. The Kier molecular flexibility index (Phi) is 8.18. The molecule has 0 fully saturated rings. The topological polar surface area (TPSA) is 87.7 Å². The second-order valence-electron chi connectivity index (χ2n) is 7.98. The lowest BCUT2D eigenvalue weighted by Gasteiger charge is -2.25. The second kappa shape index (κ2) is 10.7. The number of hydrogen-bond donors (Lipinski definition) is 3. The Hall–Kier alpha value is -2.39. The van der Waals surface area contributed by atoms with Crippen LogP contribution < -0.4 is 15.4 Å². The molecule has 1 atom stereocenters. The van der Waals surface area contributed by atoms with Gasteiger partial charge in [0.2, 0.25) is 5.91 Å². The fourth-order valence-corrected chi connectivity index (χ4v) is 4.41. The van der Waals surface area contributed by atoms with Crippen LogP contribution in [0.3, 0.4) is 0 Å². The van der Waals surface area contributed by atoms with Crippen LogP contribution in [-0.4, -0.2) is 22.5 Å². The van der Waals surface area contributed by atoms with E-state index < -0.39 is 11.6 Å². The van der Waals surface area contributed by atoms with Crippen LogP contribution in [0.4, 0.5) is 0 Å². The number of hydrogen-bond acceptors (Lipinski definition) is 5. The van der Waals surface area contributed by atoms with Crippen molar-refractivity contribution >= 4 is 50.7 Å². The summed E-state index contributed by atoms with van der Waals surface area (Å²) in [6.45, 7) is 5.28. The Balaban J connectivity index is 1.55. The van der Waals surface area contributed by atoms with E-state index in [2.05, 4.69) is 26.6 Å². The van der Waals surface area contributed by atoms with Gasteiger partial charge in [-0.1, -0.05) is 29.8 Å². The number of carbonyl (C=O) groups is 2. The SMILES string of the molecule is CC(O)c1ccc(Oc2ccc(CNC(=O)C(C)(C)NC(=O)c3ccc(Br)s3)cc2)c(Cl)c1. The van der Waals surface area contributed by atoms with Crippen molar-refractivity contribution in [1.29, 1.82) is 0 Å². The van der Waals surface area contributed by atoms with Gasteiger partial charge in [-0.3, -0.25) is 9.59 Å². The lowest BCUT2D eigenvalue weighted by atomic mass is 10.0. The fraction of sp³-hybridized carbons (Fsp3) is 0.250. The number of halogens is 2. The van der Waals surface area contributed by atoms with E-state index in [4.69, 9.17) is 16.3 Å². The third-order valence-corrected chi connectivity index (χ3v) is 6.75. The van der Waals surface area contributed by atoms with Gasteiger partial charge in [0.15, 0.2) is 0 Å². The van der Waals surface area contributed by atoms with Crippen LogP contribution in [0.1, 0.15) is 47.7 Å². The molecule has 3 rings (SSSR count). The molecule has 1 aromatic heterocycles. The number of ether oxygens (including phenoxy) is 1. The van der Waals surface area contributed by atoms with E-state index in [1.54, 1.807) is 63.2 Å². The molecule has 0 radical (unpaired) electrons. The van der Waals surface area contributed by atoms with E-state index in [9.17, 15) is 14.7 Å². The largest absolute Gasteiger partial charge is 0.456 e. The number of thiophene rings is 1. The van der Waals surface area contributed by atoms with E-state index in [1.165, 1.54) is 11.3 Å². The molecule has 0 bridgehead atoms. The van der Waals surface area contributed by atoms with Crippen molar-refractivity contribution < 1.29 is 19.4 Å². The molecule has 3 N–H and O–H groups in total. The molecule has 1 heterocycles. The van der Waals surface area contributed by atoms with Crippen LogP contribution in [0.15, 0.2) is 58.4 Å². The minimum absolute atomic E-state index is 0.295. The van der Waals surface area contributed by atoms with E-state index in [1.807, 2.05) is 12.1 Å². The molecule has 33 heavy (non-hydrogen) atoms. The number of benzene rings is 2. The first-order valence-electron chi connectivity index (χ1n) is 10.2. The third-order valence-electron chi connectivity index (χ3n) is 4.83. The zero-order valence-corrected chi connectivity index (χ0v) is 21.5. The molecule has 0 aliphatic rings. The number of aliphatic hydroxyl groups is 1. The van der Waals surface area contributed by atoms with Crippen molar-refractivity contribution in [2.45, 2.75) is 39.0 Å². The highest BCUT2D eigenvalue weighted by atomic mass is 79.9. The van der Waals surface area contributed by atoms with Crippen LogP contribution >= 0.6 is 38.9 Å². The highest BCUT2D eigenvalue weighted by Crippen LogP contribution is 2.31. The standard InChI is InChI=1S/C24H24BrClN2O4S/c1-14(29)16-6-9-19(18(26)12-16)32-17-7-4-15(5-8-17)13-27-23(31)24(2,3)28-22(30)20-10-11-21(25)33-20/h4-12,14,29H,13H2,1-3H3,(H,27,31)(H,28,30). The van der Waals surface area contributed by atoms with Gasteiger partial charge in [-0.2, -0.15) is 0 Å². The zero-order chi connectivity index (χ0) is 24.2. The summed E-state index contributed by atoms with van der Waals surface area (Å²) in [5.74, 6) is 0.480. The summed E-state index contributed by atoms with van der Waals surface area (Å²) in [5, 5.41) is 15.7. The minimum atomic E-state index is -1.08. The molecule has 3 aromatic rings. The van der Waals surface area contributed by atoms with Gasteiger partial charge >= 0.3 is 0 Å². The number of carbonyl (C=O) groups excluding carboxylic acids is 2. The molecule has 0 saturated heterocycles. The van der Waals surface area contributed by atoms with E-state index in [-0.39, 0.29) is 11.8 Å². The quantitative estimate of drug-likeness (QED) is 0.328. The van der Waals surface area contributed by atoms with Crippen LogP contribution in [0, 0.1) is 0 Å². The Morgan fingerprint density at radius 3 is 2.42 bits per heavy atom. The summed E-state index contributed by atoms with van der Waals surface area (Å²) in [7, 11) is 0. The second-order valence-corrected chi connectivity index (χ2v) is 10.8. The average Bonchev–Trinajstić information content (AvgIpc) is 3.20. The average molecular weight is 552 g/mol. The van der Waals surface area contributed by atoms with Gasteiger partial charge < -0.3 is 20.5 Å². The molecule has 2 aromatic carbocycles. The molecule has 1 unspecified atom stereocenters. The normalized spacial score (nSPS) is 12.2. The van der Waals surface area contributed by atoms with Crippen molar-refractivity contribution in [3.63, 3.8) is 0 Å². The van der Waals surface area contributed by atoms with Crippen molar-refractivity contribution in [1.82, 2.24) is 10.6 Å². The Morgan fingerprint density at radius 2 is 1.85 bits per heavy atom. The van der Waals surface area contributed by atoms with Crippen LogP contribution in [0.2, 0.25) is 5.02 Å². The summed E-state index contributed by atoms with van der Waals surface area (Å²) in [6, 6.07) is 15.9. The molecule has 0 aliphatic carbocycles. The summed E-state index contributed by atoms with van der Waals surface area (Å²) in [4.78, 5) is 25.5. The highest BCUT2D eigenvalue weighted by Gasteiger charge is 2.30. The Labute approximate surface area is 210 Å². The van der Waals surface area contributed by atoms with Gasteiger partial charge in [0.1, 0.15) is 17.0 Å². The van der Waals surface area contributed by atoms with Crippen molar-refractivity contribution in [2.24, 2.45) is 0 Å². The fourth-order valence-electron chi connectivity index (χ4n) is 2.90. The molecule has 6 nitrogen and oxygen atoms in total. The maximum atomic E-state index is 12.6. The van der Waals surface area contributed by atoms with Gasteiger partial charge in [-0.25, -0.2) is 0 Å². The van der Waals surface area contributed by atoms with Gasteiger partial charge in [0, 0.05) is 6.54 Å². The van der Waals surface area contributed by atoms with Crippen LogP contribution in [0.5, 0.6) is 11.5 Å².